The Labute approximate surface area is 87.4 Å². The third-order valence-corrected chi connectivity index (χ3v) is 7.22. The van der Waals surface area contributed by atoms with Crippen molar-refractivity contribution in [3.05, 3.63) is 30.3 Å². The van der Waals surface area contributed by atoms with Gasteiger partial charge in [0.05, 0.1) is 0 Å². The van der Waals surface area contributed by atoms with Crippen LogP contribution in [-0.2, 0) is 0 Å². The van der Waals surface area contributed by atoms with Crippen molar-refractivity contribution in [2.24, 2.45) is 0 Å². The second-order valence-corrected chi connectivity index (χ2v) is 8.44. The lowest BCUT2D eigenvalue weighted by molar-refractivity contribution is 0.995. The van der Waals surface area contributed by atoms with E-state index in [-0.39, 0.29) is 0 Å². The summed E-state index contributed by atoms with van der Waals surface area (Å²) in [7, 11) is -1.72. The van der Waals surface area contributed by atoms with Gasteiger partial charge >= 0.3 is 0 Å². The van der Waals surface area contributed by atoms with Gasteiger partial charge in [0.25, 0.3) is 0 Å². The lowest BCUT2D eigenvalue weighted by Crippen LogP contribution is -2.18. The van der Waals surface area contributed by atoms with Crippen molar-refractivity contribution in [1.82, 2.24) is 0 Å². The number of nitrogens with one attached hydrogen (secondary N) is 1. The summed E-state index contributed by atoms with van der Waals surface area (Å²) in [4.78, 5) is 0. The fourth-order valence-electron chi connectivity index (χ4n) is 1.87. The zero-order valence-corrected chi connectivity index (χ0v) is 10.4. The normalized spacial score (nSPS) is 12.4. The van der Waals surface area contributed by atoms with Crippen LogP contribution in [0.1, 0.15) is 27.7 Å². The molecule has 78 valence electrons. The molecule has 0 heterocycles. The Morgan fingerprint density at radius 1 is 0.929 bits per heavy atom. The van der Waals surface area contributed by atoms with Gasteiger partial charge in [-0.1, -0.05) is 58.0 Å². The Morgan fingerprint density at radius 2 is 1.36 bits per heavy atom. The van der Waals surface area contributed by atoms with Crippen LogP contribution < -0.4 is 5.30 Å². The van der Waals surface area contributed by atoms with Gasteiger partial charge < -0.3 is 5.16 Å². The molecule has 0 aliphatic rings. The molecule has 0 amide bonds. The van der Waals surface area contributed by atoms with Gasteiger partial charge in [-0.25, -0.2) is 0 Å². The smallest absolute Gasteiger partial charge is 0.00122 e. The molecule has 0 bridgehead atoms. The highest BCUT2D eigenvalue weighted by molar-refractivity contribution is 7.73. The summed E-state index contributed by atoms with van der Waals surface area (Å²) < 4.78 is 0. The first-order valence-electron chi connectivity index (χ1n) is 5.18. The lowest BCUT2D eigenvalue weighted by atomic mass is 10.4. The molecule has 0 radical (unpaired) electrons. The average Bonchev–Trinajstić information content (AvgIpc) is 2.17. The molecule has 1 nitrogen and oxygen atoms in total. The lowest BCUT2D eigenvalue weighted by Gasteiger charge is -2.30. The summed E-state index contributed by atoms with van der Waals surface area (Å²) in [5.74, 6) is 0. The molecule has 1 N–H and O–H groups in total. The van der Waals surface area contributed by atoms with Crippen molar-refractivity contribution in [3.8, 4) is 0 Å². The minimum absolute atomic E-state index is 0.449. The van der Waals surface area contributed by atoms with Gasteiger partial charge in [0, 0.05) is 7.05 Å². The Balaban J connectivity index is 3.21. The van der Waals surface area contributed by atoms with E-state index in [0.29, 0.717) is 11.3 Å². The first-order chi connectivity index (χ1) is 6.49. The number of hydrogen-bond donors (Lipinski definition) is 1. The largest absolute Gasteiger partial charge is 0.314 e. The molecule has 0 aliphatic carbocycles. The topological polar surface area (TPSA) is 23.9 Å². The van der Waals surface area contributed by atoms with Crippen molar-refractivity contribution in [2.45, 2.75) is 39.0 Å². The molecular weight excluding hydrogens is 189 g/mol. The highest BCUT2D eigenvalue weighted by Crippen LogP contribution is 2.54. The standard InChI is InChI=1S/C12H20NP/c1-10(2)14(13,11(3)4)12-8-6-5-7-9-12/h5-11,13H,1-4H3. The van der Waals surface area contributed by atoms with Crippen LogP contribution in [0.15, 0.2) is 30.3 Å². The van der Waals surface area contributed by atoms with Crippen LogP contribution >= 0.6 is 7.05 Å². The predicted octanol–water partition coefficient (Wildman–Crippen LogP) is 3.91. The van der Waals surface area contributed by atoms with E-state index in [9.17, 15) is 0 Å². The number of benzene rings is 1. The van der Waals surface area contributed by atoms with Crippen LogP contribution in [0.2, 0.25) is 0 Å². The van der Waals surface area contributed by atoms with E-state index >= 15 is 0 Å². The first kappa shape index (κ1) is 11.5. The maximum absolute atomic E-state index is 8.68. The molecule has 0 aromatic heterocycles. The molecule has 0 spiro atoms. The highest BCUT2D eigenvalue weighted by Gasteiger charge is 2.26. The van der Waals surface area contributed by atoms with E-state index in [1.807, 2.05) is 18.2 Å². The molecule has 2 heteroatoms. The van der Waals surface area contributed by atoms with Gasteiger partial charge in [-0.05, 0) is 16.6 Å². The van der Waals surface area contributed by atoms with Crippen LogP contribution in [0.4, 0.5) is 0 Å². The van der Waals surface area contributed by atoms with Crippen LogP contribution in [0.3, 0.4) is 0 Å². The molecule has 1 aromatic carbocycles. The average molecular weight is 209 g/mol. The maximum Gasteiger partial charge on any atom is 0.00122 e. The summed E-state index contributed by atoms with van der Waals surface area (Å²) in [6.07, 6.45) is 0. The van der Waals surface area contributed by atoms with Crippen LogP contribution in [-0.4, -0.2) is 11.3 Å². The van der Waals surface area contributed by atoms with Gasteiger partial charge in [0.2, 0.25) is 0 Å². The Morgan fingerprint density at radius 3 is 1.71 bits per heavy atom. The highest BCUT2D eigenvalue weighted by atomic mass is 31.2. The molecular formula is C12H20NP. The fourth-order valence-corrected chi connectivity index (χ4v) is 4.92. The monoisotopic (exact) mass is 209 g/mol. The summed E-state index contributed by atoms with van der Waals surface area (Å²) in [5.41, 5.74) is 0.898. The van der Waals surface area contributed by atoms with Crippen molar-refractivity contribution in [2.75, 3.05) is 0 Å². The van der Waals surface area contributed by atoms with Crippen LogP contribution in [0.5, 0.6) is 0 Å². The molecule has 0 aliphatic heterocycles. The number of rotatable bonds is 3. The van der Waals surface area contributed by atoms with Gasteiger partial charge in [0.15, 0.2) is 0 Å². The van der Waals surface area contributed by atoms with Gasteiger partial charge in [-0.15, -0.1) is 0 Å². The van der Waals surface area contributed by atoms with E-state index in [4.69, 9.17) is 5.16 Å². The van der Waals surface area contributed by atoms with E-state index < -0.39 is 7.05 Å². The Kier molecular flexibility index (Phi) is 3.55. The maximum atomic E-state index is 8.68. The Hall–Kier alpha value is -0.550. The third kappa shape index (κ3) is 1.93. The van der Waals surface area contributed by atoms with Crippen LogP contribution in [0, 0.1) is 5.16 Å². The first-order valence-corrected chi connectivity index (χ1v) is 7.11. The zero-order valence-electron chi connectivity index (χ0n) is 9.49. The molecule has 0 fully saturated rings. The van der Waals surface area contributed by atoms with Gasteiger partial charge in [-0.2, -0.15) is 0 Å². The van der Waals surface area contributed by atoms with Gasteiger partial charge in [-0.3, -0.25) is 0 Å². The van der Waals surface area contributed by atoms with Crippen molar-refractivity contribution < 1.29 is 0 Å². The number of hydrogen-bond acceptors (Lipinski definition) is 1. The summed E-state index contributed by atoms with van der Waals surface area (Å²) >= 11 is 0. The summed E-state index contributed by atoms with van der Waals surface area (Å²) in [6, 6.07) is 10.3. The zero-order chi connectivity index (χ0) is 10.8. The van der Waals surface area contributed by atoms with E-state index in [0.717, 1.165) is 0 Å². The minimum Gasteiger partial charge on any atom is -0.314 e. The molecule has 0 saturated carbocycles. The third-order valence-electron chi connectivity index (χ3n) is 2.81. The summed E-state index contributed by atoms with van der Waals surface area (Å²) in [6.45, 7) is 8.70. The van der Waals surface area contributed by atoms with E-state index in [1.54, 1.807) is 0 Å². The quantitative estimate of drug-likeness (QED) is 0.730. The van der Waals surface area contributed by atoms with Crippen molar-refractivity contribution in [1.29, 1.82) is 5.16 Å². The Bertz CT molecular complexity index is 315. The SMILES string of the molecule is CC(C)P(=N)(c1ccccc1)C(C)C. The van der Waals surface area contributed by atoms with Crippen molar-refractivity contribution in [3.63, 3.8) is 0 Å². The second kappa shape index (κ2) is 4.31. The minimum atomic E-state index is -1.72. The van der Waals surface area contributed by atoms with E-state index in [1.165, 1.54) is 5.30 Å². The molecule has 0 saturated heterocycles. The fraction of sp³-hybridized carbons (Fsp3) is 0.500. The molecule has 1 aromatic rings. The van der Waals surface area contributed by atoms with E-state index in [2.05, 4.69) is 39.8 Å². The molecule has 0 unspecified atom stereocenters. The van der Waals surface area contributed by atoms with Crippen LogP contribution in [0.25, 0.3) is 0 Å². The predicted molar refractivity (Wildman–Crippen MR) is 66.0 cm³/mol. The summed E-state index contributed by atoms with van der Waals surface area (Å²) in [5, 5.41) is 9.92. The van der Waals surface area contributed by atoms with Crippen molar-refractivity contribution >= 4 is 12.4 Å². The molecule has 0 atom stereocenters. The molecule has 1 rings (SSSR count). The molecule has 14 heavy (non-hydrogen) atoms. The second-order valence-electron chi connectivity index (χ2n) is 4.30. The van der Waals surface area contributed by atoms with Gasteiger partial charge in [0.1, 0.15) is 0 Å².